The number of carboxylic acid groups (broad SMARTS) is 1. The number of hydrogen-bond acceptors (Lipinski definition) is 3. The summed E-state index contributed by atoms with van der Waals surface area (Å²) in [6, 6.07) is -0.279. The first kappa shape index (κ1) is 13.1. The van der Waals surface area contributed by atoms with Crippen LogP contribution in [0, 0.1) is 0 Å². The zero-order valence-electron chi connectivity index (χ0n) is 10.6. The van der Waals surface area contributed by atoms with E-state index in [1.807, 2.05) is 0 Å². The van der Waals surface area contributed by atoms with Crippen molar-refractivity contribution in [3.8, 4) is 0 Å². The summed E-state index contributed by atoms with van der Waals surface area (Å²) in [6.45, 7) is 1.21. The van der Waals surface area contributed by atoms with E-state index in [4.69, 9.17) is 4.74 Å². The van der Waals surface area contributed by atoms with E-state index in [1.54, 1.807) is 12.0 Å². The molecular weight excluding hydrogens is 236 g/mol. The highest BCUT2D eigenvalue weighted by Crippen LogP contribution is 2.32. The number of nitrogens with zero attached hydrogens (tertiary/aromatic N) is 1. The highest BCUT2D eigenvalue weighted by Gasteiger charge is 2.46. The van der Waals surface area contributed by atoms with E-state index in [2.05, 4.69) is 5.32 Å². The molecule has 6 heteroatoms. The number of methoxy groups -OCH3 is 1. The van der Waals surface area contributed by atoms with E-state index in [1.165, 1.54) is 0 Å². The minimum atomic E-state index is -1.03. The maximum Gasteiger partial charge on any atom is 0.329 e. The van der Waals surface area contributed by atoms with Crippen molar-refractivity contribution in [1.29, 1.82) is 0 Å². The summed E-state index contributed by atoms with van der Waals surface area (Å²) in [5.74, 6) is -0.928. The molecule has 1 heterocycles. The van der Waals surface area contributed by atoms with Crippen molar-refractivity contribution in [2.45, 2.75) is 43.7 Å². The Balaban J connectivity index is 1.93. The molecule has 6 nitrogen and oxygen atoms in total. The number of carboxylic acids is 1. The SMILES string of the molecule is COC1CCCN(C(=O)NC2(C(=O)O)CCC2)C1. The lowest BCUT2D eigenvalue weighted by Gasteiger charge is -2.41. The van der Waals surface area contributed by atoms with Crippen molar-refractivity contribution < 1.29 is 19.4 Å². The zero-order chi connectivity index (χ0) is 13.2. The number of amides is 2. The van der Waals surface area contributed by atoms with E-state index in [0.29, 0.717) is 25.9 Å². The number of aliphatic carboxylic acids is 1. The van der Waals surface area contributed by atoms with Crippen molar-refractivity contribution >= 4 is 12.0 Å². The van der Waals surface area contributed by atoms with E-state index in [-0.39, 0.29) is 12.1 Å². The molecule has 0 aromatic carbocycles. The second kappa shape index (κ2) is 5.14. The van der Waals surface area contributed by atoms with E-state index in [9.17, 15) is 14.7 Å². The Morgan fingerprint density at radius 3 is 2.61 bits per heavy atom. The van der Waals surface area contributed by atoms with Gasteiger partial charge in [0.2, 0.25) is 0 Å². The van der Waals surface area contributed by atoms with Gasteiger partial charge in [-0.1, -0.05) is 0 Å². The van der Waals surface area contributed by atoms with Gasteiger partial charge in [-0.3, -0.25) is 0 Å². The Kier molecular flexibility index (Phi) is 3.75. The molecule has 2 aliphatic rings. The van der Waals surface area contributed by atoms with Gasteiger partial charge in [-0.25, -0.2) is 9.59 Å². The van der Waals surface area contributed by atoms with Gasteiger partial charge in [0, 0.05) is 20.2 Å². The Bertz CT molecular complexity index is 341. The molecule has 1 atom stereocenters. The van der Waals surface area contributed by atoms with Crippen LogP contribution < -0.4 is 5.32 Å². The monoisotopic (exact) mass is 256 g/mol. The number of hydrogen-bond donors (Lipinski definition) is 2. The van der Waals surface area contributed by atoms with Gasteiger partial charge in [0.1, 0.15) is 5.54 Å². The van der Waals surface area contributed by atoms with E-state index in [0.717, 1.165) is 19.3 Å². The number of nitrogens with one attached hydrogen (secondary N) is 1. The summed E-state index contributed by atoms with van der Waals surface area (Å²) in [7, 11) is 1.64. The van der Waals surface area contributed by atoms with Crippen LogP contribution in [0.1, 0.15) is 32.1 Å². The molecule has 1 aliphatic carbocycles. The number of ether oxygens (including phenoxy) is 1. The van der Waals surface area contributed by atoms with Crippen molar-refractivity contribution in [3.63, 3.8) is 0 Å². The van der Waals surface area contributed by atoms with Gasteiger partial charge in [0.15, 0.2) is 0 Å². The molecule has 2 rings (SSSR count). The molecule has 1 saturated heterocycles. The average molecular weight is 256 g/mol. The molecule has 0 spiro atoms. The zero-order valence-corrected chi connectivity index (χ0v) is 10.6. The molecule has 2 fully saturated rings. The van der Waals surface area contributed by atoms with Crippen molar-refractivity contribution in [3.05, 3.63) is 0 Å². The van der Waals surface area contributed by atoms with E-state index >= 15 is 0 Å². The topological polar surface area (TPSA) is 78.9 Å². The maximum atomic E-state index is 12.1. The third-order valence-electron chi connectivity index (χ3n) is 3.96. The van der Waals surface area contributed by atoms with Crippen LogP contribution in [0.3, 0.4) is 0 Å². The van der Waals surface area contributed by atoms with Gasteiger partial charge in [-0.15, -0.1) is 0 Å². The van der Waals surface area contributed by atoms with Gasteiger partial charge >= 0.3 is 12.0 Å². The Hall–Kier alpha value is -1.30. The fourth-order valence-electron chi connectivity index (χ4n) is 2.52. The standard InChI is InChI=1S/C12H20N2O4/c1-18-9-4-2-7-14(8-9)11(17)13-12(10(15)16)5-3-6-12/h9H,2-8H2,1H3,(H,13,17)(H,15,16). The first-order chi connectivity index (χ1) is 8.57. The number of urea groups is 1. The molecule has 1 unspecified atom stereocenters. The molecule has 102 valence electrons. The van der Waals surface area contributed by atoms with E-state index < -0.39 is 11.5 Å². The third-order valence-corrected chi connectivity index (χ3v) is 3.96. The molecule has 0 radical (unpaired) electrons. The van der Waals surface area contributed by atoms with Crippen LogP contribution in [0.25, 0.3) is 0 Å². The van der Waals surface area contributed by atoms with Crippen LogP contribution in [0.5, 0.6) is 0 Å². The van der Waals surface area contributed by atoms with Gasteiger partial charge < -0.3 is 20.1 Å². The molecule has 0 aromatic heterocycles. The Morgan fingerprint density at radius 2 is 2.11 bits per heavy atom. The quantitative estimate of drug-likeness (QED) is 0.783. The first-order valence-corrected chi connectivity index (χ1v) is 6.41. The third kappa shape index (κ3) is 2.43. The molecule has 18 heavy (non-hydrogen) atoms. The Morgan fingerprint density at radius 1 is 1.39 bits per heavy atom. The highest BCUT2D eigenvalue weighted by molar-refractivity contribution is 5.87. The van der Waals surface area contributed by atoms with Crippen molar-refractivity contribution in [2.24, 2.45) is 0 Å². The molecule has 0 bridgehead atoms. The molecule has 1 aliphatic heterocycles. The predicted molar refractivity (Wildman–Crippen MR) is 64.4 cm³/mol. The second-order valence-corrected chi connectivity index (χ2v) is 5.12. The molecular formula is C12H20N2O4. The highest BCUT2D eigenvalue weighted by atomic mass is 16.5. The van der Waals surface area contributed by atoms with Gasteiger partial charge in [0.05, 0.1) is 6.10 Å². The largest absolute Gasteiger partial charge is 0.480 e. The maximum absolute atomic E-state index is 12.1. The van der Waals surface area contributed by atoms with Crippen molar-refractivity contribution in [1.82, 2.24) is 10.2 Å². The van der Waals surface area contributed by atoms with Crippen LogP contribution >= 0.6 is 0 Å². The van der Waals surface area contributed by atoms with Crippen LogP contribution in [-0.2, 0) is 9.53 Å². The molecule has 2 amide bonds. The molecule has 2 N–H and O–H groups in total. The number of carbonyl (C=O) groups excluding carboxylic acids is 1. The lowest BCUT2D eigenvalue weighted by Crippen LogP contribution is -2.62. The predicted octanol–water partition coefficient (Wildman–Crippen LogP) is 0.814. The minimum Gasteiger partial charge on any atom is -0.480 e. The fourth-order valence-corrected chi connectivity index (χ4v) is 2.52. The number of likely N-dealkylation sites (tertiary alicyclic amines) is 1. The van der Waals surface area contributed by atoms with Crippen LogP contribution in [0.15, 0.2) is 0 Å². The summed E-state index contributed by atoms with van der Waals surface area (Å²) in [5.41, 5.74) is -1.03. The number of piperidine rings is 1. The summed E-state index contributed by atoms with van der Waals surface area (Å²) < 4.78 is 5.25. The lowest BCUT2D eigenvalue weighted by atomic mass is 9.77. The first-order valence-electron chi connectivity index (χ1n) is 6.41. The summed E-state index contributed by atoms with van der Waals surface area (Å²) in [5, 5.41) is 11.8. The van der Waals surface area contributed by atoms with Crippen LogP contribution in [0.4, 0.5) is 4.79 Å². The van der Waals surface area contributed by atoms with Crippen molar-refractivity contribution in [2.75, 3.05) is 20.2 Å². The fraction of sp³-hybridized carbons (Fsp3) is 0.833. The van der Waals surface area contributed by atoms with Crippen LogP contribution in [0.2, 0.25) is 0 Å². The summed E-state index contributed by atoms with van der Waals surface area (Å²) in [4.78, 5) is 24.9. The number of rotatable bonds is 3. The van der Waals surface area contributed by atoms with Gasteiger partial charge in [-0.2, -0.15) is 0 Å². The minimum absolute atomic E-state index is 0.0617. The van der Waals surface area contributed by atoms with Gasteiger partial charge in [0.25, 0.3) is 0 Å². The normalized spacial score (nSPS) is 26.3. The summed E-state index contributed by atoms with van der Waals surface area (Å²) >= 11 is 0. The van der Waals surface area contributed by atoms with Gasteiger partial charge in [-0.05, 0) is 32.1 Å². The molecule has 1 saturated carbocycles. The lowest BCUT2D eigenvalue weighted by molar-refractivity contribution is -0.148. The number of carbonyl (C=O) groups is 2. The summed E-state index contributed by atoms with van der Waals surface area (Å²) in [6.07, 6.45) is 3.81. The average Bonchev–Trinajstić information content (AvgIpc) is 2.33. The second-order valence-electron chi connectivity index (χ2n) is 5.12. The van der Waals surface area contributed by atoms with Crippen LogP contribution in [-0.4, -0.2) is 53.8 Å². The Labute approximate surface area is 106 Å². The smallest absolute Gasteiger partial charge is 0.329 e. The molecule has 0 aromatic rings.